The van der Waals surface area contributed by atoms with Crippen molar-refractivity contribution in [3.8, 4) is 0 Å². The maximum absolute atomic E-state index is 12.7. The van der Waals surface area contributed by atoms with Gasteiger partial charge >= 0.3 is 11.2 Å². The molecule has 20 heavy (non-hydrogen) atoms. The first-order chi connectivity index (χ1) is 9.36. The van der Waals surface area contributed by atoms with Crippen LogP contribution in [0.25, 0.3) is 0 Å². The molecule has 1 saturated carbocycles. The van der Waals surface area contributed by atoms with E-state index in [0.717, 1.165) is 22.6 Å². The number of nitrogens with one attached hydrogen (secondary N) is 1. The van der Waals surface area contributed by atoms with Crippen LogP contribution in [-0.4, -0.2) is 17.1 Å². The van der Waals surface area contributed by atoms with E-state index >= 15 is 0 Å². The number of nitrogens with zero attached hydrogens (tertiary/aromatic N) is 1. The van der Waals surface area contributed by atoms with E-state index in [1.54, 1.807) is 6.07 Å². The van der Waals surface area contributed by atoms with E-state index in [-0.39, 0.29) is 23.9 Å². The Morgan fingerprint density at radius 2 is 2.15 bits per heavy atom. The van der Waals surface area contributed by atoms with Crippen LogP contribution in [0.15, 0.2) is 12.1 Å². The summed E-state index contributed by atoms with van der Waals surface area (Å²) in [6, 6.07) is 2.89. The molecular weight excluding hydrogens is 293 g/mol. The summed E-state index contributed by atoms with van der Waals surface area (Å²) in [6.07, 6.45) is -2.54. The van der Waals surface area contributed by atoms with E-state index in [1.165, 1.54) is 6.07 Å². The molecule has 1 aromatic rings. The lowest BCUT2D eigenvalue weighted by molar-refractivity contribution is -0.380. The normalized spacial score (nSPS) is 23.8. The maximum Gasteiger partial charge on any atom is 0.391 e. The molecule has 1 heterocycles. The van der Waals surface area contributed by atoms with Gasteiger partial charge in [0, 0.05) is 23.5 Å². The molecule has 1 N–H and O–H groups in total. The number of halogens is 3. The summed E-state index contributed by atoms with van der Waals surface area (Å²) in [4.78, 5) is 10.8. The van der Waals surface area contributed by atoms with Crippen molar-refractivity contribution in [2.75, 3.05) is 0 Å². The molecule has 2 unspecified atom stereocenters. The highest BCUT2D eigenvalue weighted by Gasteiger charge is 2.41. The van der Waals surface area contributed by atoms with Crippen molar-refractivity contribution < 1.29 is 18.1 Å². The Hall–Kier alpha value is -1.15. The van der Waals surface area contributed by atoms with Crippen LogP contribution >= 0.6 is 11.3 Å². The molecule has 8 heteroatoms. The molecule has 0 aromatic carbocycles. The number of thiophene rings is 1. The highest BCUT2D eigenvalue weighted by atomic mass is 32.1. The number of alkyl halides is 3. The standard InChI is InChI=1S/C12H15F3N2O2S/c13-12(14,15)8-2-1-3-9(6-8)16-7-10-4-5-11(20-10)17(18)19/h4-5,8-9,16H,1-3,6-7H2. The average Bonchev–Trinajstić information content (AvgIpc) is 2.85. The second-order valence-corrected chi connectivity index (χ2v) is 6.13. The molecule has 1 aromatic heterocycles. The molecule has 112 valence electrons. The zero-order valence-corrected chi connectivity index (χ0v) is 11.5. The molecule has 0 radical (unpaired) electrons. The van der Waals surface area contributed by atoms with Crippen molar-refractivity contribution >= 4 is 16.3 Å². The molecule has 1 fully saturated rings. The van der Waals surface area contributed by atoms with Gasteiger partial charge < -0.3 is 5.32 Å². The quantitative estimate of drug-likeness (QED) is 0.678. The fraction of sp³-hybridized carbons (Fsp3) is 0.667. The van der Waals surface area contributed by atoms with E-state index < -0.39 is 17.0 Å². The average molecular weight is 308 g/mol. The first kappa shape index (κ1) is 15.2. The lowest BCUT2D eigenvalue weighted by Crippen LogP contribution is -2.38. The zero-order chi connectivity index (χ0) is 14.8. The zero-order valence-electron chi connectivity index (χ0n) is 10.7. The van der Waals surface area contributed by atoms with Crippen LogP contribution in [0.2, 0.25) is 0 Å². The lowest BCUT2D eigenvalue weighted by Gasteiger charge is -2.31. The smallest absolute Gasteiger partial charge is 0.309 e. The largest absolute Gasteiger partial charge is 0.391 e. The fourth-order valence-corrected chi connectivity index (χ4v) is 3.25. The third-order valence-electron chi connectivity index (χ3n) is 3.53. The molecule has 2 rings (SSSR count). The highest BCUT2D eigenvalue weighted by molar-refractivity contribution is 7.15. The van der Waals surface area contributed by atoms with Gasteiger partial charge in [0.2, 0.25) is 0 Å². The Bertz CT molecular complexity index is 476. The topological polar surface area (TPSA) is 55.2 Å². The molecule has 0 bridgehead atoms. The van der Waals surface area contributed by atoms with Gasteiger partial charge in [-0.2, -0.15) is 13.2 Å². The van der Waals surface area contributed by atoms with Crippen LogP contribution in [0, 0.1) is 16.0 Å². The fourth-order valence-electron chi connectivity index (χ4n) is 2.48. The van der Waals surface area contributed by atoms with E-state index in [1.807, 2.05) is 0 Å². The summed E-state index contributed by atoms with van der Waals surface area (Å²) in [5.74, 6) is -1.23. The third-order valence-corrected chi connectivity index (χ3v) is 4.57. The van der Waals surface area contributed by atoms with Crippen LogP contribution in [0.3, 0.4) is 0 Å². The van der Waals surface area contributed by atoms with Crippen molar-refractivity contribution in [1.29, 1.82) is 0 Å². The lowest BCUT2D eigenvalue weighted by atomic mass is 9.85. The predicted octanol–water partition coefficient (Wildman–Crippen LogP) is 3.87. The number of hydrogen-bond acceptors (Lipinski definition) is 4. The minimum absolute atomic E-state index is 0.0543. The van der Waals surface area contributed by atoms with Crippen LogP contribution in [-0.2, 0) is 6.54 Å². The molecule has 4 nitrogen and oxygen atoms in total. The SMILES string of the molecule is O=[N+]([O-])c1ccc(CNC2CCCC(C(F)(F)F)C2)s1. The maximum atomic E-state index is 12.7. The first-order valence-corrected chi connectivity index (χ1v) is 7.21. The van der Waals surface area contributed by atoms with Crippen LogP contribution in [0.5, 0.6) is 0 Å². The third kappa shape index (κ3) is 3.92. The van der Waals surface area contributed by atoms with Crippen LogP contribution in [0.4, 0.5) is 18.2 Å². The molecule has 0 saturated heterocycles. The summed E-state index contributed by atoms with van der Waals surface area (Å²) in [5.41, 5.74) is 0. The predicted molar refractivity (Wildman–Crippen MR) is 69.6 cm³/mol. The Labute approximate surface area is 118 Å². The molecule has 1 aliphatic carbocycles. The second-order valence-electron chi connectivity index (χ2n) is 4.98. The van der Waals surface area contributed by atoms with Crippen LogP contribution in [0.1, 0.15) is 30.6 Å². The monoisotopic (exact) mass is 308 g/mol. The van der Waals surface area contributed by atoms with Gasteiger partial charge in [0.15, 0.2) is 0 Å². The van der Waals surface area contributed by atoms with Crippen molar-refractivity contribution in [2.45, 2.75) is 44.4 Å². The van der Waals surface area contributed by atoms with Gasteiger partial charge in [-0.25, -0.2) is 0 Å². The van der Waals surface area contributed by atoms with Crippen LogP contribution < -0.4 is 5.32 Å². The van der Waals surface area contributed by atoms with Crippen molar-refractivity contribution in [2.24, 2.45) is 5.92 Å². The van der Waals surface area contributed by atoms with Gasteiger partial charge in [0.1, 0.15) is 0 Å². The molecular formula is C12H15F3N2O2S. The van der Waals surface area contributed by atoms with Crippen molar-refractivity contribution in [3.05, 3.63) is 27.1 Å². The van der Waals surface area contributed by atoms with Gasteiger partial charge in [0.25, 0.3) is 0 Å². The van der Waals surface area contributed by atoms with Gasteiger partial charge in [-0.05, 0) is 25.3 Å². The summed E-state index contributed by atoms with van der Waals surface area (Å²) >= 11 is 1.05. The second kappa shape index (κ2) is 6.09. The number of rotatable bonds is 4. The summed E-state index contributed by atoms with van der Waals surface area (Å²) < 4.78 is 38.0. The Balaban J connectivity index is 1.85. The number of nitro groups is 1. The summed E-state index contributed by atoms with van der Waals surface area (Å²) in [6.45, 7) is 0.383. The highest BCUT2D eigenvalue weighted by Crippen LogP contribution is 2.37. The van der Waals surface area contributed by atoms with E-state index in [2.05, 4.69) is 5.32 Å². The molecule has 2 atom stereocenters. The Morgan fingerprint density at radius 3 is 2.75 bits per heavy atom. The van der Waals surface area contributed by atoms with Gasteiger partial charge in [-0.1, -0.05) is 17.8 Å². The first-order valence-electron chi connectivity index (χ1n) is 6.39. The molecule has 0 spiro atoms. The van der Waals surface area contributed by atoms with E-state index in [4.69, 9.17) is 0 Å². The van der Waals surface area contributed by atoms with Gasteiger partial charge in [0.05, 0.1) is 10.8 Å². The molecule has 1 aliphatic rings. The van der Waals surface area contributed by atoms with Gasteiger partial charge in [-0.15, -0.1) is 0 Å². The summed E-state index contributed by atoms with van der Waals surface area (Å²) in [7, 11) is 0. The van der Waals surface area contributed by atoms with E-state index in [9.17, 15) is 23.3 Å². The Morgan fingerprint density at radius 1 is 1.40 bits per heavy atom. The minimum atomic E-state index is -4.12. The Kier molecular flexibility index (Phi) is 4.64. The van der Waals surface area contributed by atoms with Crippen molar-refractivity contribution in [3.63, 3.8) is 0 Å². The van der Waals surface area contributed by atoms with Gasteiger partial charge in [-0.3, -0.25) is 10.1 Å². The molecule has 0 aliphatic heterocycles. The van der Waals surface area contributed by atoms with Crippen molar-refractivity contribution in [1.82, 2.24) is 5.32 Å². The molecule has 0 amide bonds. The minimum Gasteiger partial charge on any atom is -0.309 e. The number of hydrogen-bond donors (Lipinski definition) is 1. The van der Waals surface area contributed by atoms with E-state index in [0.29, 0.717) is 13.0 Å². The summed E-state index contributed by atoms with van der Waals surface area (Å²) in [5, 5.41) is 13.7.